The molecule has 0 saturated carbocycles. The van der Waals surface area contributed by atoms with E-state index in [2.05, 4.69) is 32.3 Å². The molecule has 0 bridgehead atoms. The molecular weight excluding hydrogens is 275 g/mol. The summed E-state index contributed by atoms with van der Waals surface area (Å²) >= 11 is 9.33. The number of hydrogen-bond donors (Lipinski definition) is 1. The molecule has 2 nitrogen and oxygen atoms in total. The first-order valence-corrected chi connectivity index (χ1v) is 6.16. The molecule has 2 heterocycles. The molecule has 2 atom stereocenters. The molecule has 0 spiro atoms. The minimum Gasteiger partial charge on any atom is -0.310 e. The standard InChI is InChI=1S/C11H10BrClN2/c12-11-9(13)2-7(4-15-11)6-1-8-5-14-10(8)3-6/h2-4,8,10,14H,1,5H2/t8-,10-/m1/s1. The summed E-state index contributed by atoms with van der Waals surface area (Å²) in [7, 11) is 0. The number of nitrogens with zero attached hydrogens (tertiary/aromatic N) is 1. The van der Waals surface area contributed by atoms with Gasteiger partial charge in [0.1, 0.15) is 4.60 Å². The van der Waals surface area contributed by atoms with Gasteiger partial charge in [-0.05, 0) is 45.5 Å². The Labute approximate surface area is 102 Å². The maximum atomic E-state index is 6.03. The Bertz CT molecular complexity index is 444. The number of pyridine rings is 1. The van der Waals surface area contributed by atoms with E-state index in [0.717, 1.165) is 24.4 Å². The average Bonchev–Trinajstić information content (AvgIpc) is 2.48. The van der Waals surface area contributed by atoms with Crippen LogP contribution in [0, 0.1) is 5.92 Å². The van der Waals surface area contributed by atoms with E-state index >= 15 is 0 Å². The second kappa shape index (κ2) is 3.58. The first-order chi connectivity index (χ1) is 7.24. The lowest BCUT2D eigenvalue weighted by atomic mass is 9.94. The molecule has 1 aromatic heterocycles. The summed E-state index contributed by atoms with van der Waals surface area (Å²) < 4.78 is 0.715. The predicted octanol–water partition coefficient (Wildman–Crippen LogP) is 2.87. The van der Waals surface area contributed by atoms with Gasteiger partial charge >= 0.3 is 0 Å². The van der Waals surface area contributed by atoms with Crippen LogP contribution in [-0.4, -0.2) is 17.6 Å². The van der Waals surface area contributed by atoms with Crippen LogP contribution >= 0.6 is 27.5 Å². The summed E-state index contributed by atoms with van der Waals surface area (Å²) in [6, 6.07) is 2.57. The van der Waals surface area contributed by atoms with Crippen molar-refractivity contribution in [3.05, 3.63) is 33.5 Å². The van der Waals surface area contributed by atoms with Crippen molar-refractivity contribution in [3.8, 4) is 0 Å². The van der Waals surface area contributed by atoms with Gasteiger partial charge < -0.3 is 5.32 Å². The van der Waals surface area contributed by atoms with E-state index < -0.39 is 0 Å². The molecule has 0 radical (unpaired) electrons. The van der Waals surface area contributed by atoms with E-state index in [4.69, 9.17) is 11.6 Å². The predicted molar refractivity (Wildman–Crippen MR) is 64.8 cm³/mol. The van der Waals surface area contributed by atoms with Crippen LogP contribution < -0.4 is 5.32 Å². The summed E-state index contributed by atoms with van der Waals surface area (Å²) in [4.78, 5) is 4.22. The van der Waals surface area contributed by atoms with Crippen molar-refractivity contribution in [2.24, 2.45) is 5.92 Å². The van der Waals surface area contributed by atoms with E-state index in [1.54, 1.807) is 0 Å². The van der Waals surface area contributed by atoms with Crippen molar-refractivity contribution in [2.45, 2.75) is 12.5 Å². The van der Waals surface area contributed by atoms with Crippen LogP contribution in [-0.2, 0) is 0 Å². The van der Waals surface area contributed by atoms with Crippen molar-refractivity contribution in [1.82, 2.24) is 10.3 Å². The number of allylic oxidation sites excluding steroid dienone is 1. The quantitative estimate of drug-likeness (QED) is 0.803. The molecule has 1 aromatic rings. The van der Waals surface area contributed by atoms with Gasteiger partial charge in [0, 0.05) is 18.8 Å². The van der Waals surface area contributed by atoms with Crippen LogP contribution in [0.3, 0.4) is 0 Å². The van der Waals surface area contributed by atoms with Crippen LogP contribution in [0.15, 0.2) is 22.9 Å². The van der Waals surface area contributed by atoms with Crippen molar-refractivity contribution >= 4 is 33.1 Å². The van der Waals surface area contributed by atoms with Crippen molar-refractivity contribution in [3.63, 3.8) is 0 Å². The molecule has 2 aliphatic rings. The summed E-state index contributed by atoms with van der Waals surface area (Å²) in [6.45, 7) is 1.14. The van der Waals surface area contributed by atoms with Crippen LogP contribution in [0.25, 0.3) is 5.57 Å². The molecule has 1 N–H and O–H groups in total. The Morgan fingerprint density at radius 2 is 2.40 bits per heavy atom. The SMILES string of the molecule is Clc1cc(C2=C[C@H]3NC[C@H]3C2)cnc1Br. The maximum Gasteiger partial charge on any atom is 0.124 e. The van der Waals surface area contributed by atoms with Crippen LogP contribution in [0.5, 0.6) is 0 Å². The Balaban J connectivity index is 1.93. The topological polar surface area (TPSA) is 24.9 Å². The molecule has 15 heavy (non-hydrogen) atoms. The van der Waals surface area contributed by atoms with E-state index in [9.17, 15) is 0 Å². The van der Waals surface area contributed by atoms with Crippen molar-refractivity contribution in [2.75, 3.05) is 6.54 Å². The maximum absolute atomic E-state index is 6.03. The Hall–Kier alpha value is -0.380. The summed E-state index contributed by atoms with van der Waals surface area (Å²) in [5, 5.41) is 4.08. The Morgan fingerprint density at radius 3 is 2.93 bits per heavy atom. The van der Waals surface area contributed by atoms with E-state index in [1.165, 1.54) is 5.57 Å². The second-order valence-electron chi connectivity index (χ2n) is 4.09. The van der Waals surface area contributed by atoms with Gasteiger partial charge in [0.15, 0.2) is 0 Å². The largest absolute Gasteiger partial charge is 0.310 e. The monoisotopic (exact) mass is 284 g/mol. The number of aromatic nitrogens is 1. The number of rotatable bonds is 1. The second-order valence-corrected chi connectivity index (χ2v) is 5.25. The van der Waals surface area contributed by atoms with Gasteiger partial charge in [-0.3, -0.25) is 0 Å². The molecule has 3 rings (SSSR count). The Kier molecular flexibility index (Phi) is 2.34. The third-order valence-corrected chi connectivity index (χ3v) is 4.30. The molecular formula is C11H10BrClN2. The van der Waals surface area contributed by atoms with Gasteiger partial charge in [-0.1, -0.05) is 17.7 Å². The molecule has 78 valence electrons. The molecule has 1 aliphatic carbocycles. The zero-order valence-electron chi connectivity index (χ0n) is 8.00. The fourth-order valence-electron chi connectivity index (χ4n) is 2.19. The number of hydrogen-bond acceptors (Lipinski definition) is 2. The highest BCUT2D eigenvalue weighted by molar-refractivity contribution is 9.10. The molecule has 1 saturated heterocycles. The van der Waals surface area contributed by atoms with E-state index in [1.807, 2.05) is 12.3 Å². The van der Waals surface area contributed by atoms with Gasteiger partial charge in [-0.25, -0.2) is 4.98 Å². The lowest BCUT2D eigenvalue weighted by Crippen LogP contribution is -2.49. The summed E-state index contributed by atoms with van der Waals surface area (Å²) in [5.74, 6) is 0.794. The highest BCUT2D eigenvalue weighted by atomic mass is 79.9. The molecule has 1 aliphatic heterocycles. The fourth-order valence-corrected chi connectivity index (χ4v) is 2.58. The van der Waals surface area contributed by atoms with E-state index in [0.29, 0.717) is 15.7 Å². The molecule has 0 amide bonds. The van der Waals surface area contributed by atoms with Gasteiger partial charge in [0.25, 0.3) is 0 Å². The van der Waals surface area contributed by atoms with Gasteiger partial charge in [0.2, 0.25) is 0 Å². The fraction of sp³-hybridized carbons (Fsp3) is 0.364. The number of fused-ring (bicyclic) bond motifs is 1. The van der Waals surface area contributed by atoms with Gasteiger partial charge in [0.05, 0.1) is 5.02 Å². The third-order valence-electron chi connectivity index (χ3n) is 3.15. The number of halogens is 2. The lowest BCUT2D eigenvalue weighted by Gasteiger charge is -2.31. The lowest BCUT2D eigenvalue weighted by molar-refractivity contribution is 0.301. The third kappa shape index (κ3) is 1.63. The summed E-state index contributed by atoms with van der Waals surface area (Å²) in [6.07, 6.45) is 5.33. The van der Waals surface area contributed by atoms with Crippen molar-refractivity contribution in [1.29, 1.82) is 0 Å². The normalized spacial score (nSPS) is 28.3. The van der Waals surface area contributed by atoms with Crippen LogP contribution in [0.4, 0.5) is 0 Å². The van der Waals surface area contributed by atoms with E-state index in [-0.39, 0.29) is 0 Å². The number of nitrogens with one attached hydrogen (secondary N) is 1. The minimum absolute atomic E-state index is 0.586. The highest BCUT2D eigenvalue weighted by Crippen LogP contribution is 2.37. The average molecular weight is 286 g/mol. The van der Waals surface area contributed by atoms with Gasteiger partial charge in [-0.15, -0.1) is 0 Å². The van der Waals surface area contributed by atoms with Crippen LogP contribution in [0.1, 0.15) is 12.0 Å². The van der Waals surface area contributed by atoms with Gasteiger partial charge in [-0.2, -0.15) is 0 Å². The highest BCUT2D eigenvalue weighted by Gasteiger charge is 2.34. The molecule has 4 heteroatoms. The first-order valence-electron chi connectivity index (χ1n) is 4.99. The van der Waals surface area contributed by atoms with Crippen molar-refractivity contribution < 1.29 is 0 Å². The molecule has 1 fully saturated rings. The minimum atomic E-state index is 0.586. The zero-order chi connectivity index (χ0) is 10.4. The molecule has 0 aromatic carbocycles. The first kappa shape index (κ1) is 9.82. The summed E-state index contributed by atoms with van der Waals surface area (Å²) in [5.41, 5.74) is 2.52. The Morgan fingerprint density at radius 1 is 1.53 bits per heavy atom. The smallest absolute Gasteiger partial charge is 0.124 e. The molecule has 0 unspecified atom stereocenters. The van der Waals surface area contributed by atoms with Crippen LogP contribution in [0.2, 0.25) is 5.02 Å². The zero-order valence-corrected chi connectivity index (χ0v) is 10.3.